The number of benzene rings is 2. The van der Waals surface area contributed by atoms with Crippen molar-refractivity contribution in [2.45, 2.75) is 20.8 Å². The number of carbonyl (C=O) groups excluding carboxylic acids is 1. The lowest BCUT2D eigenvalue weighted by molar-refractivity contribution is 0.0595. The lowest BCUT2D eigenvalue weighted by Crippen LogP contribution is -2.28. The van der Waals surface area contributed by atoms with Crippen LogP contribution in [0, 0.1) is 6.92 Å². The van der Waals surface area contributed by atoms with Crippen molar-refractivity contribution in [2.24, 2.45) is 0 Å². The zero-order chi connectivity index (χ0) is 18.4. The van der Waals surface area contributed by atoms with Crippen molar-refractivity contribution in [3.8, 4) is 11.5 Å². The number of hydrogen-bond acceptors (Lipinski definition) is 5. The summed E-state index contributed by atoms with van der Waals surface area (Å²) >= 11 is 0. The monoisotopic (exact) mass is 345 g/mol. The van der Waals surface area contributed by atoms with Crippen LogP contribution in [0.25, 0.3) is 10.8 Å². The smallest absolute Gasteiger partial charge is 0.341 e. The zero-order valence-corrected chi connectivity index (χ0v) is 15.7. The summed E-state index contributed by atoms with van der Waals surface area (Å²) in [6.45, 7) is 9.42. The zero-order valence-electron chi connectivity index (χ0n) is 15.7. The maximum Gasteiger partial charge on any atom is 0.341 e. The molecular weight excluding hydrogens is 318 g/mol. The predicted octanol–water partition coefficient (Wildman–Crippen LogP) is 3.66. The second kappa shape index (κ2) is 8.72. The van der Waals surface area contributed by atoms with E-state index in [0.29, 0.717) is 17.9 Å². The Morgan fingerprint density at radius 3 is 2.44 bits per heavy atom. The molecule has 136 valence electrons. The average molecular weight is 345 g/mol. The molecule has 0 atom stereocenters. The third kappa shape index (κ3) is 4.23. The van der Waals surface area contributed by atoms with Gasteiger partial charge in [-0.15, -0.1) is 0 Å². The number of methoxy groups -OCH3 is 2. The predicted molar refractivity (Wildman–Crippen MR) is 99.9 cm³/mol. The van der Waals surface area contributed by atoms with Gasteiger partial charge in [0.15, 0.2) is 0 Å². The molecule has 0 amide bonds. The van der Waals surface area contributed by atoms with Crippen LogP contribution in [0.15, 0.2) is 24.3 Å². The molecule has 25 heavy (non-hydrogen) atoms. The van der Waals surface area contributed by atoms with E-state index in [2.05, 4.69) is 18.7 Å². The van der Waals surface area contributed by atoms with Gasteiger partial charge in [-0.3, -0.25) is 0 Å². The lowest BCUT2D eigenvalue weighted by Gasteiger charge is -2.20. The summed E-state index contributed by atoms with van der Waals surface area (Å²) in [6, 6.07) is 7.67. The molecule has 0 unspecified atom stereocenters. The highest BCUT2D eigenvalue weighted by molar-refractivity contribution is 6.02. The summed E-state index contributed by atoms with van der Waals surface area (Å²) < 4.78 is 16.2. The highest BCUT2D eigenvalue weighted by atomic mass is 16.5. The normalized spacial score (nSPS) is 11.0. The third-order valence-corrected chi connectivity index (χ3v) is 4.52. The molecule has 0 aliphatic rings. The molecule has 5 heteroatoms. The van der Waals surface area contributed by atoms with Crippen LogP contribution in [0.3, 0.4) is 0 Å². The van der Waals surface area contributed by atoms with Crippen molar-refractivity contribution in [3.63, 3.8) is 0 Å². The second-order valence-electron chi connectivity index (χ2n) is 5.83. The largest absolute Gasteiger partial charge is 0.497 e. The van der Waals surface area contributed by atoms with Crippen molar-refractivity contribution in [3.05, 3.63) is 35.4 Å². The minimum atomic E-state index is -0.381. The van der Waals surface area contributed by atoms with Gasteiger partial charge in [0.05, 0.1) is 14.2 Å². The summed E-state index contributed by atoms with van der Waals surface area (Å²) in [5.74, 6) is 0.942. The first-order valence-electron chi connectivity index (χ1n) is 8.60. The van der Waals surface area contributed by atoms with Crippen molar-refractivity contribution in [2.75, 3.05) is 40.5 Å². The average Bonchev–Trinajstić information content (AvgIpc) is 2.64. The Kier molecular flexibility index (Phi) is 6.65. The van der Waals surface area contributed by atoms with Gasteiger partial charge in [-0.2, -0.15) is 0 Å². The maximum absolute atomic E-state index is 12.3. The Morgan fingerprint density at radius 2 is 1.84 bits per heavy atom. The first kappa shape index (κ1) is 19.1. The number of fused-ring (bicyclic) bond motifs is 1. The molecule has 0 spiro atoms. The van der Waals surface area contributed by atoms with Crippen molar-refractivity contribution >= 4 is 16.7 Å². The fraction of sp³-hybridized carbons (Fsp3) is 0.450. The van der Waals surface area contributed by atoms with Crippen LogP contribution >= 0.6 is 0 Å². The standard InChI is InChI=1S/C20H27NO4/c1-6-21(7-2)10-11-25-18-13-15-12-16(23-4)8-9-17(15)14(3)19(18)20(22)24-5/h8-9,12-13H,6-7,10-11H2,1-5H3. The molecule has 0 saturated heterocycles. The molecular formula is C20H27NO4. The highest BCUT2D eigenvalue weighted by Crippen LogP contribution is 2.33. The van der Waals surface area contributed by atoms with E-state index in [9.17, 15) is 4.79 Å². The molecule has 0 fully saturated rings. The maximum atomic E-state index is 12.3. The van der Waals surface area contributed by atoms with Gasteiger partial charge in [0.1, 0.15) is 23.7 Å². The van der Waals surface area contributed by atoms with E-state index in [1.807, 2.05) is 31.2 Å². The summed E-state index contributed by atoms with van der Waals surface area (Å²) in [5.41, 5.74) is 1.34. The van der Waals surface area contributed by atoms with E-state index < -0.39 is 0 Å². The fourth-order valence-electron chi connectivity index (χ4n) is 2.96. The number of esters is 1. The van der Waals surface area contributed by atoms with Gasteiger partial charge in [-0.25, -0.2) is 4.79 Å². The Bertz CT molecular complexity index is 738. The molecule has 0 aliphatic heterocycles. The SMILES string of the molecule is CCN(CC)CCOc1cc2cc(OC)ccc2c(C)c1C(=O)OC. The fourth-order valence-corrected chi connectivity index (χ4v) is 2.96. The summed E-state index contributed by atoms with van der Waals surface area (Å²) in [7, 11) is 3.03. The summed E-state index contributed by atoms with van der Waals surface area (Å²) in [5, 5.41) is 1.96. The number of carbonyl (C=O) groups is 1. The molecule has 2 aromatic rings. The van der Waals surface area contributed by atoms with Crippen molar-refractivity contribution in [1.82, 2.24) is 4.90 Å². The molecule has 0 N–H and O–H groups in total. The lowest BCUT2D eigenvalue weighted by atomic mass is 9.98. The number of rotatable bonds is 8. The van der Waals surface area contributed by atoms with Crippen LogP contribution < -0.4 is 9.47 Å². The van der Waals surface area contributed by atoms with Crippen LogP contribution in [0.4, 0.5) is 0 Å². The number of hydrogen-bond donors (Lipinski definition) is 0. The second-order valence-corrected chi connectivity index (χ2v) is 5.83. The van der Waals surface area contributed by atoms with Crippen LogP contribution in [-0.2, 0) is 4.74 Å². The quantitative estimate of drug-likeness (QED) is 0.683. The molecule has 2 aromatic carbocycles. The summed E-state index contributed by atoms with van der Waals surface area (Å²) in [6.07, 6.45) is 0. The van der Waals surface area contributed by atoms with E-state index in [0.717, 1.165) is 41.7 Å². The Balaban J connectivity index is 2.42. The number of nitrogens with zero attached hydrogens (tertiary/aromatic N) is 1. The van der Waals surface area contributed by atoms with Crippen LogP contribution in [0.2, 0.25) is 0 Å². The Labute approximate surface area is 149 Å². The van der Waals surface area contributed by atoms with Gasteiger partial charge in [0, 0.05) is 6.54 Å². The topological polar surface area (TPSA) is 48.0 Å². The molecule has 0 radical (unpaired) electrons. The van der Waals surface area contributed by atoms with Gasteiger partial charge in [-0.1, -0.05) is 19.9 Å². The van der Waals surface area contributed by atoms with Gasteiger partial charge in [0.2, 0.25) is 0 Å². The van der Waals surface area contributed by atoms with Gasteiger partial charge in [0.25, 0.3) is 0 Å². The molecule has 0 heterocycles. The number of likely N-dealkylation sites (N-methyl/N-ethyl adjacent to an activating group) is 1. The molecule has 0 bridgehead atoms. The Morgan fingerprint density at radius 1 is 1.12 bits per heavy atom. The highest BCUT2D eigenvalue weighted by Gasteiger charge is 2.19. The molecule has 2 rings (SSSR count). The van der Waals surface area contributed by atoms with Crippen molar-refractivity contribution in [1.29, 1.82) is 0 Å². The van der Waals surface area contributed by atoms with Gasteiger partial charge >= 0.3 is 5.97 Å². The Hall–Kier alpha value is -2.27. The minimum absolute atomic E-state index is 0.381. The first-order valence-corrected chi connectivity index (χ1v) is 8.60. The molecule has 0 aromatic heterocycles. The van der Waals surface area contributed by atoms with Crippen LogP contribution in [0.1, 0.15) is 29.8 Å². The number of ether oxygens (including phenoxy) is 3. The van der Waals surface area contributed by atoms with E-state index in [1.54, 1.807) is 7.11 Å². The van der Waals surface area contributed by atoms with Gasteiger partial charge < -0.3 is 19.1 Å². The molecule has 5 nitrogen and oxygen atoms in total. The molecule has 0 aliphatic carbocycles. The first-order chi connectivity index (χ1) is 12.0. The van der Waals surface area contributed by atoms with E-state index in [4.69, 9.17) is 14.2 Å². The third-order valence-electron chi connectivity index (χ3n) is 4.52. The molecule has 0 saturated carbocycles. The minimum Gasteiger partial charge on any atom is -0.497 e. The van der Waals surface area contributed by atoms with Crippen LogP contribution in [0.5, 0.6) is 11.5 Å². The summed E-state index contributed by atoms with van der Waals surface area (Å²) in [4.78, 5) is 14.6. The van der Waals surface area contributed by atoms with E-state index in [-0.39, 0.29) is 5.97 Å². The number of aryl methyl sites for hydroxylation is 1. The van der Waals surface area contributed by atoms with Crippen molar-refractivity contribution < 1.29 is 19.0 Å². The van der Waals surface area contributed by atoms with E-state index >= 15 is 0 Å². The van der Waals surface area contributed by atoms with Gasteiger partial charge in [-0.05, 0) is 54.5 Å². The van der Waals surface area contributed by atoms with E-state index in [1.165, 1.54) is 7.11 Å². The van der Waals surface area contributed by atoms with Crippen LogP contribution in [-0.4, -0.2) is 51.3 Å².